The highest BCUT2D eigenvalue weighted by Gasteiger charge is 2.11. The van der Waals surface area contributed by atoms with Gasteiger partial charge in [-0.1, -0.05) is 17.7 Å². The van der Waals surface area contributed by atoms with Gasteiger partial charge in [-0.2, -0.15) is 0 Å². The summed E-state index contributed by atoms with van der Waals surface area (Å²) in [4.78, 5) is 12.2. The van der Waals surface area contributed by atoms with Crippen molar-refractivity contribution >= 4 is 32.5 Å². The molecule has 0 fully saturated rings. The Morgan fingerprint density at radius 1 is 1.23 bits per heavy atom. The van der Waals surface area contributed by atoms with E-state index in [1.165, 1.54) is 18.4 Å². The molecule has 1 aliphatic rings. The van der Waals surface area contributed by atoms with Crippen LogP contribution >= 0.6 is 0 Å². The molecule has 0 saturated heterocycles. The molecule has 2 N–H and O–H groups in total. The average Bonchev–Trinajstić information content (AvgIpc) is 2.99. The third-order valence-electron chi connectivity index (χ3n) is 4.58. The number of allylic oxidation sites excluding steroid dienone is 1. The van der Waals surface area contributed by atoms with Gasteiger partial charge in [0, 0.05) is 18.1 Å². The van der Waals surface area contributed by atoms with E-state index in [1.807, 2.05) is 16.7 Å². The molecule has 7 heteroatoms. The average molecular weight is 375 g/mol. The van der Waals surface area contributed by atoms with Crippen molar-refractivity contribution < 1.29 is 13.2 Å². The molecule has 1 heterocycles. The minimum Gasteiger partial charge on any atom is -0.354 e. The van der Waals surface area contributed by atoms with E-state index < -0.39 is 10.0 Å². The van der Waals surface area contributed by atoms with Crippen molar-refractivity contribution in [3.8, 4) is 0 Å². The van der Waals surface area contributed by atoms with E-state index in [1.54, 1.807) is 18.3 Å². The smallest absolute Gasteiger partial charge is 0.239 e. The van der Waals surface area contributed by atoms with Crippen LogP contribution in [0.3, 0.4) is 0 Å². The molecule has 0 bridgehead atoms. The quantitative estimate of drug-likeness (QED) is 0.730. The maximum absolute atomic E-state index is 12.2. The number of amides is 1. The van der Waals surface area contributed by atoms with Crippen LogP contribution in [0.25, 0.3) is 10.9 Å². The predicted molar refractivity (Wildman–Crippen MR) is 105 cm³/mol. The molecule has 1 amide bonds. The number of aromatic nitrogens is 1. The van der Waals surface area contributed by atoms with Crippen molar-refractivity contribution in [2.45, 2.75) is 38.6 Å². The lowest BCUT2D eigenvalue weighted by molar-refractivity contribution is -0.121. The maximum atomic E-state index is 12.2. The van der Waals surface area contributed by atoms with Crippen LogP contribution in [-0.4, -0.2) is 31.7 Å². The molecule has 0 unspecified atom stereocenters. The summed E-state index contributed by atoms with van der Waals surface area (Å²) in [5.74, 6) is -0.0413. The highest BCUT2D eigenvalue weighted by Crippen LogP contribution is 2.25. The minimum absolute atomic E-state index is 0.0413. The Balaban J connectivity index is 1.62. The van der Waals surface area contributed by atoms with Crippen molar-refractivity contribution in [1.29, 1.82) is 0 Å². The monoisotopic (exact) mass is 375 g/mol. The second-order valence-electron chi connectivity index (χ2n) is 6.76. The second-order valence-corrected chi connectivity index (χ2v) is 8.51. The standard InChI is InChI=1S/C19H25N3O3S/c1-26(24,25)21-17-8-5-9-18-16(17)11-13-22(18)14-19(23)20-12-10-15-6-3-2-4-7-15/h5-6,8-9,11,13,21H,2-4,7,10,12,14H2,1H3,(H,20,23). The molecule has 26 heavy (non-hydrogen) atoms. The molecular weight excluding hydrogens is 350 g/mol. The van der Waals surface area contributed by atoms with Crippen molar-refractivity contribution in [1.82, 2.24) is 9.88 Å². The first kappa shape index (κ1) is 18.5. The fourth-order valence-electron chi connectivity index (χ4n) is 3.35. The summed E-state index contributed by atoms with van der Waals surface area (Å²) in [6.07, 6.45) is 11.0. The van der Waals surface area contributed by atoms with E-state index in [9.17, 15) is 13.2 Å². The van der Waals surface area contributed by atoms with Crippen LogP contribution in [-0.2, 0) is 21.4 Å². The first-order valence-corrected chi connectivity index (χ1v) is 10.8. The summed E-state index contributed by atoms with van der Waals surface area (Å²) < 4.78 is 27.3. The van der Waals surface area contributed by atoms with Gasteiger partial charge >= 0.3 is 0 Å². The summed E-state index contributed by atoms with van der Waals surface area (Å²) in [7, 11) is -3.35. The Bertz CT molecular complexity index is 929. The number of sulfonamides is 1. The van der Waals surface area contributed by atoms with Gasteiger partial charge in [0.15, 0.2) is 0 Å². The van der Waals surface area contributed by atoms with Crippen LogP contribution in [0.4, 0.5) is 5.69 Å². The van der Waals surface area contributed by atoms with Gasteiger partial charge in [0.25, 0.3) is 0 Å². The number of nitrogens with zero attached hydrogens (tertiary/aromatic N) is 1. The normalized spacial score (nSPS) is 14.9. The molecule has 1 aliphatic carbocycles. The molecule has 0 radical (unpaired) electrons. The Kier molecular flexibility index (Phi) is 5.66. The highest BCUT2D eigenvalue weighted by atomic mass is 32.2. The molecule has 0 aliphatic heterocycles. The number of rotatable bonds is 7. The molecule has 0 saturated carbocycles. The Morgan fingerprint density at radius 2 is 2.08 bits per heavy atom. The van der Waals surface area contributed by atoms with Gasteiger partial charge in [-0.05, 0) is 50.3 Å². The summed E-state index contributed by atoms with van der Waals surface area (Å²) in [6, 6.07) is 7.19. The molecule has 6 nitrogen and oxygen atoms in total. The number of benzene rings is 1. The van der Waals surface area contributed by atoms with Crippen LogP contribution in [0.1, 0.15) is 32.1 Å². The van der Waals surface area contributed by atoms with Gasteiger partial charge in [0.2, 0.25) is 15.9 Å². The van der Waals surface area contributed by atoms with Crippen LogP contribution in [0.5, 0.6) is 0 Å². The lowest BCUT2D eigenvalue weighted by atomic mass is 9.97. The van der Waals surface area contributed by atoms with Gasteiger partial charge in [-0.25, -0.2) is 8.42 Å². The zero-order valence-electron chi connectivity index (χ0n) is 15.0. The number of carbonyl (C=O) groups is 1. The van der Waals surface area contributed by atoms with Gasteiger partial charge in [-0.15, -0.1) is 0 Å². The zero-order valence-corrected chi connectivity index (χ0v) is 15.8. The fraction of sp³-hybridized carbons (Fsp3) is 0.421. The van der Waals surface area contributed by atoms with Crippen molar-refractivity contribution in [2.24, 2.45) is 0 Å². The zero-order chi connectivity index (χ0) is 18.6. The molecule has 1 aromatic heterocycles. The summed E-state index contributed by atoms with van der Waals surface area (Å²) in [5, 5.41) is 3.75. The number of nitrogens with one attached hydrogen (secondary N) is 2. The predicted octanol–water partition coefficient (Wildman–Crippen LogP) is 3.02. The topological polar surface area (TPSA) is 80.2 Å². The summed E-state index contributed by atoms with van der Waals surface area (Å²) >= 11 is 0. The lowest BCUT2D eigenvalue weighted by Gasteiger charge is -2.13. The largest absolute Gasteiger partial charge is 0.354 e. The third-order valence-corrected chi connectivity index (χ3v) is 5.17. The van der Waals surface area contributed by atoms with Crippen LogP contribution in [0.15, 0.2) is 42.1 Å². The van der Waals surface area contributed by atoms with Crippen molar-refractivity contribution in [3.05, 3.63) is 42.1 Å². The Morgan fingerprint density at radius 3 is 2.81 bits per heavy atom. The van der Waals surface area contributed by atoms with Crippen LogP contribution in [0.2, 0.25) is 0 Å². The van der Waals surface area contributed by atoms with E-state index in [2.05, 4.69) is 16.1 Å². The molecule has 1 aromatic carbocycles. The van der Waals surface area contributed by atoms with Crippen molar-refractivity contribution in [3.63, 3.8) is 0 Å². The SMILES string of the molecule is CS(=O)(=O)Nc1cccc2c1ccn2CC(=O)NCCC1=CCCCC1. The van der Waals surface area contributed by atoms with Gasteiger partial charge < -0.3 is 9.88 Å². The molecule has 140 valence electrons. The Labute approximate surface area is 154 Å². The van der Waals surface area contributed by atoms with Gasteiger partial charge in [0.05, 0.1) is 17.5 Å². The Hall–Kier alpha value is -2.28. The first-order valence-electron chi connectivity index (χ1n) is 8.93. The van der Waals surface area contributed by atoms with E-state index >= 15 is 0 Å². The fourth-order valence-corrected chi connectivity index (χ4v) is 3.93. The number of hydrogen-bond donors (Lipinski definition) is 2. The van der Waals surface area contributed by atoms with E-state index in [0.717, 1.165) is 36.4 Å². The van der Waals surface area contributed by atoms with E-state index in [0.29, 0.717) is 12.2 Å². The summed E-state index contributed by atoms with van der Waals surface area (Å²) in [5.41, 5.74) is 2.79. The molecule has 3 rings (SSSR count). The minimum atomic E-state index is -3.35. The highest BCUT2D eigenvalue weighted by molar-refractivity contribution is 7.92. The molecular formula is C19H25N3O3S. The second kappa shape index (κ2) is 7.95. The van der Waals surface area contributed by atoms with E-state index in [-0.39, 0.29) is 12.5 Å². The number of hydrogen-bond acceptors (Lipinski definition) is 3. The van der Waals surface area contributed by atoms with Gasteiger partial charge in [0.1, 0.15) is 6.54 Å². The lowest BCUT2D eigenvalue weighted by Crippen LogP contribution is -2.28. The number of anilines is 1. The number of fused-ring (bicyclic) bond motifs is 1. The first-order chi connectivity index (χ1) is 12.4. The summed E-state index contributed by atoms with van der Waals surface area (Å²) in [6.45, 7) is 0.871. The molecule has 2 aromatic rings. The third kappa shape index (κ3) is 4.88. The van der Waals surface area contributed by atoms with Crippen LogP contribution in [0, 0.1) is 0 Å². The molecule has 0 spiro atoms. The van der Waals surface area contributed by atoms with Crippen molar-refractivity contribution in [2.75, 3.05) is 17.5 Å². The van der Waals surface area contributed by atoms with E-state index in [4.69, 9.17) is 0 Å². The maximum Gasteiger partial charge on any atom is 0.239 e. The van der Waals surface area contributed by atoms with Crippen LogP contribution < -0.4 is 10.0 Å². The molecule has 0 atom stereocenters. The number of carbonyl (C=O) groups excluding carboxylic acids is 1. The van der Waals surface area contributed by atoms with Gasteiger partial charge in [-0.3, -0.25) is 9.52 Å².